The van der Waals surface area contributed by atoms with Crippen molar-refractivity contribution in [2.24, 2.45) is 35.3 Å². The molecule has 10 nitrogen and oxygen atoms in total. The maximum atomic E-state index is 14.0. The number of benzene rings is 1. The topological polar surface area (TPSA) is 165 Å². The summed E-state index contributed by atoms with van der Waals surface area (Å²) in [6.07, 6.45) is 3.93. The summed E-state index contributed by atoms with van der Waals surface area (Å²) >= 11 is 0. The van der Waals surface area contributed by atoms with Crippen LogP contribution >= 0.6 is 0 Å². The SMILES string of the molecule is CN(C)C1C(O)C(C(N)=O)C(=O)[C@]2(O)C(=O)C3=C(O)c4c(O)ccc(CN(CC5CC5)CC5CC5)c4C[C@@H]3C[C@H]12. The lowest BCUT2D eigenvalue weighted by Gasteiger charge is -2.53. The number of aromatic hydroxyl groups is 1. The molecule has 216 valence electrons. The smallest absolute Gasteiger partial charge is 0.230 e. The van der Waals surface area contributed by atoms with Gasteiger partial charge in [0, 0.05) is 37.2 Å². The predicted molar refractivity (Wildman–Crippen MR) is 145 cm³/mol. The maximum Gasteiger partial charge on any atom is 0.230 e. The minimum atomic E-state index is -2.64. The van der Waals surface area contributed by atoms with E-state index in [1.807, 2.05) is 6.07 Å². The van der Waals surface area contributed by atoms with Crippen molar-refractivity contribution in [3.05, 3.63) is 34.4 Å². The Kier molecular flexibility index (Phi) is 6.61. The van der Waals surface area contributed by atoms with Gasteiger partial charge < -0.3 is 31.1 Å². The van der Waals surface area contributed by atoms with E-state index in [9.17, 15) is 34.8 Å². The largest absolute Gasteiger partial charge is 0.507 e. The summed E-state index contributed by atoms with van der Waals surface area (Å²) in [5, 5.41) is 45.1. The monoisotopic (exact) mass is 553 g/mol. The Bertz CT molecular complexity index is 1290. The molecule has 1 amide bonds. The van der Waals surface area contributed by atoms with Gasteiger partial charge in [-0.1, -0.05) is 6.07 Å². The summed E-state index contributed by atoms with van der Waals surface area (Å²) in [6.45, 7) is 2.70. The van der Waals surface area contributed by atoms with E-state index in [1.54, 1.807) is 19.0 Å². The third kappa shape index (κ3) is 4.27. The molecule has 5 aliphatic rings. The Hall–Kier alpha value is -2.79. The van der Waals surface area contributed by atoms with Gasteiger partial charge in [-0.2, -0.15) is 0 Å². The first kappa shape index (κ1) is 27.4. The van der Waals surface area contributed by atoms with Crippen molar-refractivity contribution in [2.75, 3.05) is 27.2 Å². The molecule has 0 bridgehead atoms. The molecule has 5 aliphatic carbocycles. The molecule has 6 atom stereocenters. The van der Waals surface area contributed by atoms with Crippen LogP contribution in [0, 0.1) is 29.6 Å². The number of phenolic OH excluding ortho intramolecular Hbond substituents is 1. The number of carbonyl (C=O) groups is 3. The number of nitrogens with zero attached hydrogens (tertiary/aromatic N) is 2. The number of phenols is 1. The van der Waals surface area contributed by atoms with Crippen LogP contribution in [0.1, 0.15) is 48.8 Å². The van der Waals surface area contributed by atoms with Gasteiger partial charge in [0.15, 0.2) is 11.4 Å². The Balaban J connectivity index is 1.41. The van der Waals surface area contributed by atoms with Crippen LogP contribution in [0.25, 0.3) is 5.76 Å². The van der Waals surface area contributed by atoms with Gasteiger partial charge in [-0.3, -0.25) is 19.3 Å². The third-order valence-corrected chi connectivity index (χ3v) is 9.89. The first-order chi connectivity index (χ1) is 18.9. The molecular weight excluding hydrogens is 514 g/mol. The summed E-state index contributed by atoms with van der Waals surface area (Å²) in [7, 11) is 3.30. The second-order valence-electron chi connectivity index (χ2n) is 13.0. The highest BCUT2D eigenvalue weighted by Gasteiger charge is 2.67. The highest BCUT2D eigenvalue weighted by atomic mass is 16.3. The van der Waals surface area contributed by atoms with E-state index >= 15 is 0 Å². The van der Waals surface area contributed by atoms with Gasteiger partial charge in [0.1, 0.15) is 17.4 Å². The van der Waals surface area contributed by atoms with Crippen molar-refractivity contribution in [3.63, 3.8) is 0 Å². The van der Waals surface area contributed by atoms with Crippen molar-refractivity contribution < 1.29 is 34.8 Å². The molecule has 1 aromatic rings. The molecule has 1 aromatic carbocycles. The molecule has 6 rings (SSSR count). The van der Waals surface area contributed by atoms with Crippen LogP contribution in [-0.4, -0.2) is 92.6 Å². The highest BCUT2D eigenvalue weighted by Crippen LogP contribution is 2.52. The number of hydrogen-bond acceptors (Lipinski definition) is 9. The van der Waals surface area contributed by atoms with Crippen LogP contribution < -0.4 is 5.73 Å². The summed E-state index contributed by atoms with van der Waals surface area (Å²) in [6, 6.07) is 2.51. The molecule has 4 fully saturated rings. The summed E-state index contributed by atoms with van der Waals surface area (Å²) < 4.78 is 0. The van der Waals surface area contributed by atoms with Crippen molar-refractivity contribution >= 4 is 23.2 Å². The van der Waals surface area contributed by atoms with Gasteiger partial charge in [0.25, 0.3) is 0 Å². The Morgan fingerprint density at radius 2 is 1.70 bits per heavy atom. The lowest BCUT2D eigenvalue weighted by Crippen LogP contribution is -2.73. The highest BCUT2D eigenvalue weighted by molar-refractivity contribution is 6.25. The molecule has 3 unspecified atom stereocenters. The molecular formula is C30H39N3O7. The average molecular weight is 554 g/mol. The van der Waals surface area contributed by atoms with Gasteiger partial charge in [-0.15, -0.1) is 0 Å². The van der Waals surface area contributed by atoms with Gasteiger partial charge in [0.05, 0.1) is 11.7 Å². The van der Waals surface area contributed by atoms with E-state index in [0.29, 0.717) is 24.8 Å². The molecule has 0 radical (unpaired) electrons. The minimum Gasteiger partial charge on any atom is -0.507 e. The molecule has 10 heteroatoms. The number of carbonyl (C=O) groups excluding carboxylic acids is 3. The lowest BCUT2D eigenvalue weighted by atomic mass is 9.54. The number of rotatable bonds is 8. The number of Topliss-reactive ketones (excluding diaryl/α,β-unsaturated/α-hetero) is 2. The first-order valence-corrected chi connectivity index (χ1v) is 14.4. The van der Waals surface area contributed by atoms with Crippen LogP contribution in [0.5, 0.6) is 5.75 Å². The average Bonchev–Trinajstić information content (AvgIpc) is 3.80. The second-order valence-corrected chi connectivity index (χ2v) is 13.0. The fourth-order valence-corrected chi connectivity index (χ4v) is 7.59. The third-order valence-electron chi connectivity index (χ3n) is 9.89. The Morgan fingerprint density at radius 3 is 2.25 bits per heavy atom. The zero-order valence-electron chi connectivity index (χ0n) is 23.0. The zero-order chi connectivity index (χ0) is 28.7. The number of amides is 1. The molecule has 40 heavy (non-hydrogen) atoms. The number of aliphatic hydroxyl groups excluding tert-OH is 2. The molecule has 0 saturated heterocycles. The zero-order valence-corrected chi connectivity index (χ0v) is 23.0. The maximum absolute atomic E-state index is 14.0. The first-order valence-electron chi connectivity index (χ1n) is 14.4. The number of nitrogens with two attached hydrogens (primary N) is 1. The predicted octanol–water partition coefficient (Wildman–Crippen LogP) is 0.751. The van der Waals surface area contributed by atoms with E-state index in [4.69, 9.17) is 5.73 Å². The van der Waals surface area contributed by atoms with Gasteiger partial charge in [0.2, 0.25) is 11.7 Å². The van der Waals surface area contributed by atoms with Gasteiger partial charge >= 0.3 is 0 Å². The number of aliphatic hydroxyl groups is 3. The summed E-state index contributed by atoms with van der Waals surface area (Å²) in [5.74, 6) is -5.76. The normalized spacial score (nSPS) is 33.7. The molecule has 0 aromatic heterocycles. The fraction of sp³-hybridized carbons (Fsp3) is 0.633. The van der Waals surface area contributed by atoms with E-state index in [1.165, 1.54) is 31.7 Å². The number of fused-ring (bicyclic) bond motifs is 3. The van der Waals surface area contributed by atoms with Gasteiger partial charge in [-0.05, 0) is 87.6 Å². The Morgan fingerprint density at radius 1 is 1.07 bits per heavy atom. The van der Waals surface area contributed by atoms with E-state index in [0.717, 1.165) is 24.2 Å². The van der Waals surface area contributed by atoms with E-state index < -0.39 is 58.7 Å². The number of hydrogen-bond donors (Lipinski definition) is 5. The van der Waals surface area contributed by atoms with Crippen LogP contribution in [0.15, 0.2) is 17.7 Å². The van der Waals surface area contributed by atoms with Crippen molar-refractivity contribution in [1.82, 2.24) is 9.80 Å². The molecule has 0 aliphatic heterocycles. The number of primary amides is 1. The quantitative estimate of drug-likeness (QED) is 0.292. The Labute approximate surface area is 233 Å². The van der Waals surface area contributed by atoms with Crippen molar-refractivity contribution in [1.29, 1.82) is 0 Å². The molecule has 4 saturated carbocycles. The van der Waals surface area contributed by atoms with Crippen LogP contribution in [0.3, 0.4) is 0 Å². The fourth-order valence-electron chi connectivity index (χ4n) is 7.59. The van der Waals surface area contributed by atoms with E-state index in [2.05, 4.69) is 4.90 Å². The minimum absolute atomic E-state index is 0.114. The second kappa shape index (κ2) is 9.65. The van der Waals surface area contributed by atoms with Crippen LogP contribution in [0.4, 0.5) is 0 Å². The standard InChI is InChI=1S/C30H39N3O7/c1-32(2)24-19-10-17-9-18-16(13-33(11-14-3-4-14)12-15-5-6-15)7-8-20(34)22(18)25(35)21(17)27(37)30(19,40)28(38)23(26(24)36)29(31)39/h7-8,14-15,17,19,23-24,26,34-36,40H,3-6,9-13H2,1-2H3,(H2,31,39)/t17-,19-,23?,24?,26?,30-/m1/s1. The van der Waals surface area contributed by atoms with E-state index in [-0.39, 0.29) is 23.3 Å². The van der Waals surface area contributed by atoms with Crippen LogP contribution in [0.2, 0.25) is 0 Å². The summed E-state index contributed by atoms with van der Waals surface area (Å²) in [5.41, 5.74) is 4.60. The number of ketones is 2. The summed E-state index contributed by atoms with van der Waals surface area (Å²) in [4.78, 5) is 43.7. The molecule has 6 N–H and O–H groups in total. The van der Waals surface area contributed by atoms with Crippen molar-refractivity contribution in [3.8, 4) is 5.75 Å². The van der Waals surface area contributed by atoms with Gasteiger partial charge in [-0.25, -0.2) is 0 Å². The molecule has 0 spiro atoms. The van der Waals surface area contributed by atoms with Crippen molar-refractivity contribution in [2.45, 2.75) is 62.8 Å². The number of likely N-dealkylation sites (N-methyl/N-ethyl adjacent to an activating group) is 1. The van der Waals surface area contributed by atoms with Crippen LogP contribution in [-0.2, 0) is 27.3 Å². The molecule has 0 heterocycles. The lowest BCUT2D eigenvalue weighted by molar-refractivity contribution is -0.184.